The first-order valence-corrected chi connectivity index (χ1v) is 12.6. The molecule has 0 bridgehead atoms. The van der Waals surface area contributed by atoms with Crippen molar-refractivity contribution >= 4 is 19.4 Å². The summed E-state index contributed by atoms with van der Waals surface area (Å²) in [6.07, 6.45) is -1.26. The number of hydrogen-bond acceptors (Lipinski definition) is 5. The van der Waals surface area contributed by atoms with Gasteiger partial charge in [0.2, 0.25) is 7.37 Å². The predicted octanol–water partition coefficient (Wildman–Crippen LogP) is 5.15. The first kappa shape index (κ1) is 25.4. The second-order valence-corrected chi connectivity index (χ2v) is 10.4. The van der Waals surface area contributed by atoms with Gasteiger partial charge >= 0.3 is 5.97 Å². The highest BCUT2D eigenvalue weighted by molar-refractivity contribution is 7.61. The molecule has 178 valence electrons. The van der Waals surface area contributed by atoms with E-state index >= 15 is 0 Å². The van der Waals surface area contributed by atoms with Crippen molar-refractivity contribution in [2.24, 2.45) is 0 Å². The first-order chi connectivity index (χ1) is 16.1. The van der Waals surface area contributed by atoms with Crippen molar-refractivity contribution in [3.8, 4) is 22.6 Å². The number of rotatable bonds is 9. The lowest BCUT2D eigenvalue weighted by atomic mass is 9.98. The zero-order chi connectivity index (χ0) is 24.9. The Morgan fingerprint density at radius 1 is 1.06 bits per heavy atom. The standard InChI is InChI=1S/C25H26FN2O5P/c1-16(2)23-21(12-13-34(32,33)15-20(29)14-22(30)31)24(17-8-10-19(26)11-9-17)28-25(27-23)18-6-4-3-5-7-18/h3-13,16,20,29H,14-15H2,1-2H3,(H,30,31)(H,32,33)/b13-12+/t20-/m0/s1. The molecule has 0 aliphatic carbocycles. The Hall–Kier alpha value is -3.19. The molecule has 0 amide bonds. The minimum Gasteiger partial charge on any atom is -0.481 e. The molecule has 0 saturated carbocycles. The molecule has 2 aromatic carbocycles. The van der Waals surface area contributed by atoms with Crippen molar-refractivity contribution in [1.29, 1.82) is 0 Å². The van der Waals surface area contributed by atoms with Gasteiger partial charge in [-0.2, -0.15) is 0 Å². The summed E-state index contributed by atoms with van der Waals surface area (Å²) in [5.74, 6) is -0.223. The van der Waals surface area contributed by atoms with Gasteiger partial charge < -0.3 is 15.1 Å². The number of aliphatic hydroxyl groups excluding tert-OH is 1. The SMILES string of the molecule is CC(C)c1nc(-c2ccccc2)nc(-c2ccc(F)cc2)c1/C=C/P(=O)(O)C[C@@H](O)CC(=O)O. The lowest BCUT2D eigenvalue weighted by Gasteiger charge is -2.17. The van der Waals surface area contributed by atoms with Crippen molar-refractivity contribution in [3.05, 3.63) is 77.5 Å². The van der Waals surface area contributed by atoms with E-state index in [9.17, 15) is 23.7 Å². The number of aliphatic hydroxyl groups is 1. The number of aromatic nitrogens is 2. The fourth-order valence-electron chi connectivity index (χ4n) is 3.46. The number of benzene rings is 2. The number of carboxylic acid groups (broad SMARTS) is 1. The van der Waals surface area contributed by atoms with Gasteiger partial charge in [-0.15, -0.1) is 0 Å². The third kappa shape index (κ3) is 6.67. The molecule has 0 spiro atoms. The zero-order valence-electron chi connectivity index (χ0n) is 18.8. The molecule has 1 heterocycles. The van der Waals surface area contributed by atoms with Crippen LogP contribution in [0.4, 0.5) is 4.39 Å². The van der Waals surface area contributed by atoms with Gasteiger partial charge in [0.1, 0.15) is 5.82 Å². The van der Waals surface area contributed by atoms with Crippen LogP contribution in [0.2, 0.25) is 0 Å². The topological polar surface area (TPSA) is 121 Å². The second-order valence-electron chi connectivity index (χ2n) is 8.23. The van der Waals surface area contributed by atoms with E-state index in [-0.39, 0.29) is 5.92 Å². The summed E-state index contributed by atoms with van der Waals surface area (Å²) < 4.78 is 26.3. The van der Waals surface area contributed by atoms with Gasteiger partial charge in [-0.25, -0.2) is 14.4 Å². The minimum atomic E-state index is -4.02. The van der Waals surface area contributed by atoms with Crippen molar-refractivity contribution in [1.82, 2.24) is 9.97 Å². The normalized spacial score (nSPS) is 14.3. The van der Waals surface area contributed by atoms with Crippen LogP contribution in [0.1, 0.15) is 37.4 Å². The highest BCUT2D eigenvalue weighted by atomic mass is 31.2. The summed E-state index contributed by atoms with van der Waals surface area (Å²) in [6, 6.07) is 15.1. The summed E-state index contributed by atoms with van der Waals surface area (Å²) in [6.45, 7) is 3.86. The Morgan fingerprint density at radius 3 is 2.29 bits per heavy atom. The van der Waals surface area contributed by atoms with Crippen molar-refractivity contribution < 1.29 is 28.9 Å². The largest absolute Gasteiger partial charge is 0.481 e. The van der Waals surface area contributed by atoms with Crippen molar-refractivity contribution in [3.63, 3.8) is 0 Å². The molecule has 34 heavy (non-hydrogen) atoms. The van der Waals surface area contributed by atoms with Gasteiger partial charge in [0.15, 0.2) is 5.82 Å². The van der Waals surface area contributed by atoms with Gasteiger partial charge in [-0.3, -0.25) is 9.36 Å². The maximum atomic E-state index is 13.6. The molecule has 3 rings (SSSR count). The molecule has 0 saturated heterocycles. The summed E-state index contributed by atoms with van der Waals surface area (Å²) in [5, 5.41) is 18.6. The smallest absolute Gasteiger partial charge is 0.305 e. The molecule has 0 aliphatic rings. The lowest BCUT2D eigenvalue weighted by molar-refractivity contribution is -0.138. The molecule has 3 N–H and O–H groups in total. The van der Waals surface area contributed by atoms with Gasteiger partial charge in [0, 0.05) is 22.5 Å². The average Bonchev–Trinajstić information content (AvgIpc) is 2.77. The number of carboxylic acids is 1. The average molecular weight is 484 g/mol. The summed E-state index contributed by atoms with van der Waals surface area (Å²) in [4.78, 5) is 30.5. The van der Waals surface area contributed by atoms with Crippen LogP contribution >= 0.6 is 7.37 Å². The highest BCUT2D eigenvalue weighted by Gasteiger charge is 2.23. The van der Waals surface area contributed by atoms with E-state index in [1.54, 1.807) is 12.1 Å². The maximum absolute atomic E-state index is 13.6. The molecular formula is C25H26FN2O5P. The van der Waals surface area contributed by atoms with Crippen LogP contribution in [0, 0.1) is 5.82 Å². The quantitative estimate of drug-likeness (QED) is 0.359. The third-order valence-corrected chi connectivity index (χ3v) is 6.59. The van der Waals surface area contributed by atoms with Crippen LogP contribution in [0.3, 0.4) is 0 Å². The van der Waals surface area contributed by atoms with Crippen molar-refractivity contribution in [2.75, 3.05) is 6.16 Å². The predicted molar refractivity (Wildman–Crippen MR) is 129 cm³/mol. The van der Waals surface area contributed by atoms with Gasteiger partial charge in [0.25, 0.3) is 0 Å². The van der Waals surface area contributed by atoms with E-state index in [2.05, 4.69) is 0 Å². The number of nitrogens with zero attached hydrogens (tertiary/aromatic N) is 2. The Bertz CT molecular complexity index is 1230. The van der Waals surface area contributed by atoms with E-state index in [0.29, 0.717) is 28.3 Å². The fourth-order valence-corrected chi connectivity index (χ4v) is 4.69. The Morgan fingerprint density at radius 2 is 1.71 bits per heavy atom. The first-order valence-electron chi connectivity index (χ1n) is 10.7. The van der Waals surface area contributed by atoms with E-state index in [1.165, 1.54) is 18.2 Å². The van der Waals surface area contributed by atoms with E-state index in [0.717, 1.165) is 11.4 Å². The molecule has 7 nitrogen and oxygen atoms in total. The van der Waals surface area contributed by atoms with Crippen LogP contribution in [0.5, 0.6) is 0 Å². The summed E-state index contributed by atoms with van der Waals surface area (Å²) in [7, 11) is -4.02. The van der Waals surface area contributed by atoms with E-state index in [4.69, 9.17) is 15.1 Å². The Labute approximate surface area is 197 Å². The molecule has 2 atom stereocenters. The fraction of sp³-hybridized carbons (Fsp3) is 0.240. The van der Waals surface area contributed by atoms with Crippen LogP contribution < -0.4 is 0 Å². The van der Waals surface area contributed by atoms with E-state index in [1.807, 2.05) is 44.2 Å². The number of hydrogen-bond donors (Lipinski definition) is 3. The Balaban J connectivity index is 2.14. The second kappa shape index (κ2) is 10.8. The molecule has 9 heteroatoms. The molecule has 0 fully saturated rings. The summed E-state index contributed by atoms with van der Waals surface area (Å²) >= 11 is 0. The van der Waals surface area contributed by atoms with Crippen LogP contribution in [-0.2, 0) is 9.36 Å². The maximum Gasteiger partial charge on any atom is 0.305 e. The molecule has 1 unspecified atom stereocenters. The third-order valence-electron chi connectivity index (χ3n) is 5.03. The van der Waals surface area contributed by atoms with E-state index < -0.39 is 37.8 Å². The van der Waals surface area contributed by atoms with Gasteiger partial charge in [-0.1, -0.05) is 44.2 Å². The molecule has 0 aliphatic heterocycles. The van der Waals surface area contributed by atoms with Crippen LogP contribution in [0.25, 0.3) is 28.7 Å². The highest BCUT2D eigenvalue weighted by Crippen LogP contribution is 2.45. The van der Waals surface area contributed by atoms with Crippen molar-refractivity contribution in [2.45, 2.75) is 32.3 Å². The molecular weight excluding hydrogens is 458 g/mol. The molecule has 0 radical (unpaired) electrons. The number of aliphatic carboxylic acids is 1. The minimum absolute atomic E-state index is 0.0833. The number of carbonyl (C=O) groups is 1. The van der Waals surface area contributed by atoms with Gasteiger partial charge in [-0.05, 0) is 36.3 Å². The molecule has 3 aromatic rings. The Kier molecular flexibility index (Phi) is 8.10. The monoisotopic (exact) mass is 484 g/mol. The zero-order valence-corrected chi connectivity index (χ0v) is 19.7. The summed E-state index contributed by atoms with van der Waals surface area (Å²) in [5.41, 5.74) is 2.95. The van der Waals surface area contributed by atoms with Crippen LogP contribution in [-0.4, -0.2) is 43.3 Å². The van der Waals surface area contributed by atoms with Crippen LogP contribution in [0.15, 0.2) is 60.4 Å². The lowest BCUT2D eigenvalue weighted by Crippen LogP contribution is -2.17. The number of halogens is 1. The molecule has 1 aromatic heterocycles. The van der Waals surface area contributed by atoms with Gasteiger partial charge in [0.05, 0.1) is 30.1 Å².